The van der Waals surface area contributed by atoms with Gasteiger partial charge in [0.15, 0.2) is 0 Å². The van der Waals surface area contributed by atoms with Gasteiger partial charge in [-0.15, -0.1) is 0 Å². The number of carbonyl (C=O) groups is 3. The van der Waals surface area contributed by atoms with Crippen LogP contribution in [0.5, 0.6) is 0 Å². The highest BCUT2D eigenvalue weighted by Gasteiger charge is 2.40. The Kier molecular flexibility index (Phi) is 4.09. The van der Waals surface area contributed by atoms with E-state index in [1.54, 1.807) is 17.0 Å². The SMILES string of the molecule is O=C(CN1C(=O)NC(c2ccccc2)C1=O)N1CCCCC1. The number of piperidine rings is 1. The Hall–Kier alpha value is -2.37. The lowest BCUT2D eigenvalue weighted by atomic mass is 10.1. The predicted molar refractivity (Wildman–Crippen MR) is 79.9 cm³/mol. The van der Waals surface area contributed by atoms with Crippen LogP contribution < -0.4 is 5.32 Å². The Bertz CT molecular complexity index is 582. The maximum absolute atomic E-state index is 12.4. The first-order valence-corrected chi connectivity index (χ1v) is 7.61. The summed E-state index contributed by atoms with van der Waals surface area (Å²) in [6.07, 6.45) is 3.10. The smallest absolute Gasteiger partial charge is 0.325 e. The number of rotatable bonds is 3. The Morgan fingerprint density at radius 2 is 1.77 bits per heavy atom. The van der Waals surface area contributed by atoms with Crippen molar-refractivity contribution in [1.82, 2.24) is 15.1 Å². The van der Waals surface area contributed by atoms with E-state index in [1.807, 2.05) is 18.2 Å². The van der Waals surface area contributed by atoms with Crippen LogP contribution in [0.1, 0.15) is 30.9 Å². The number of carbonyl (C=O) groups excluding carboxylic acids is 3. The third kappa shape index (κ3) is 2.81. The molecule has 0 radical (unpaired) electrons. The molecular weight excluding hydrogens is 282 g/mol. The molecule has 22 heavy (non-hydrogen) atoms. The van der Waals surface area contributed by atoms with Crippen molar-refractivity contribution < 1.29 is 14.4 Å². The number of nitrogens with zero attached hydrogens (tertiary/aromatic N) is 2. The van der Waals surface area contributed by atoms with E-state index in [4.69, 9.17) is 0 Å². The highest BCUT2D eigenvalue weighted by atomic mass is 16.2. The van der Waals surface area contributed by atoms with Gasteiger partial charge in [0.1, 0.15) is 12.6 Å². The van der Waals surface area contributed by atoms with Gasteiger partial charge in [-0.1, -0.05) is 30.3 Å². The van der Waals surface area contributed by atoms with E-state index < -0.39 is 12.1 Å². The van der Waals surface area contributed by atoms with Crippen LogP contribution in [-0.2, 0) is 9.59 Å². The second-order valence-corrected chi connectivity index (χ2v) is 5.66. The largest absolute Gasteiger partial charge is 0.341 e. The summed E-state index contributed by atoms with van der Waals surface area (Å²) < 4.78 is 0. The van der Waals surface area contributed by atoms with E-state index in [-0.39, 0.29) is 18.4 Å². The molecule has 0 aliphatic carbocycles. The highest BCUT2D eigenvalue weighted by molar-refractivity contribution is 6.06. The Morgan fingerprint density at radius 1 is 1.09 bits per heavy atom. The van der Waals surface area contributed by atoms with Crippen molar-refractivity contribution in [1.29, 1.82) is 0 Å². The summed E-state index contributed by atoms with van der Waals surface area (Å²) >= 11 is 0. The van der Waals surface area contributed by atoms with Gasteiger partial charge in [-0.25, -0.2) is 4.79 Å². The molecule has 0 saturated carbocycles. The van der Waals surface area contributed by atoms with Gasteiger partial charge in [0.25, 0.3) is 5.91 Å². The number of hydrogen-bond donors (Lipinski definition) is 1. The lowest BCUT2D eigenvalue weighted by Gasteiger charge is -2.27. The van der Waals surface area contributed by atoms with Gasteiger partial charge in [0, 0.05) is 13.1 Å². The molecule has 0 bridgehead atoms. The number of imide groups is 1. The number of benzene rings is 1. The lowest BCUT2D eigenvalue weighted by Crippen LogP contribution is -2.44. The molecular formula is C16H19N3O3. The monoisotopic (exact) mass is 301 g/mol. The maximum atomic E-state index is 12.4. The van der Waals surface area contributed by atoms with Gasteiger partial charge >= 0.3 is 6.03 Å². The second-order valence-electron chi connectivity index (χ2n) is 5.66. The molecule has 1 aromatic rings. The predicted octanol–water partition coefficient (Wildman–Crippen LogP) is 1.29. The average Bonchev–Trinajstić information content (AvgIpc) is 2.84. The molecule has 2 fully saturated rings. The zero-order chi connectivity index (χ0) is 15.5. The second kappa shape index (κ2) is 6.17. The molecule has 2 aliphatic heterocycles. The fourth-order valence-electron chi connectivity index (χ4n) is 2.92. The van der Waals surface area contributed by atoms with Gasteiger partial charge < -0.3 is 10.2 Å². The van der Waals surface area contributed by atoms with Crippen molar-refractivity contribution in [3.8, 4) is 0 Å². The zero-order valence-electron chi connectivity index (χ0n) is 12.3. The van der Waals surface area contributed by atoms with Crippen molar-refractivity contribution in [2.45, 2.75) is 25.3 Å². The molecule has 2 aliphatic rings. The zero-order valence-corrected chi connectivity index (χ0v) is 12.3. The summed E-state index contributed by atoms with van der Waals surface area (Å²) in [5.41, 5.74) is 0.730. The van der Waals surface area contributed by atoms with Crippen LogP contribution in [0.25, 0.3) is 0 Å². The summed E-state index contributed by atoms with van der Waals surface area (Å²) in [6, 6.07) is 7.87. The maximum Gasteiger partial charge on any atom is 0.325 e. The fourth-order valence-corrected chi connectivity index (χ4v) is 2.92. The van der Waals surface area contributed by atoms with E-state index in [1.165, 1.54) is 0 Å². The molecule has 3 rings (SSSR count). The minimum absolute atomic E-state index is 0.156. The van der Waals surface area contributed by atoms with Gasteiger partial charge in [-0.05, 0) is 24.8 Å². The van der Waals surface area contributed by atoms with E-state index in [2.05, 4.69) is 5.32 Å². The van der Waals surface area contributed by atoms with E-state index >= 15 is 0 Å². The van der Waals surface area contributed by atoms with Crippen molar-refractivity contribution in [2.24, 2.45) is 0 Å². The van der Waals surface area contributed by atoms with Gasteiger partial charge in [-0.3, -0.25) is 14.5 Å². The molecule has 1 unspecified atom stereocenters. The summed E-state index contributed by atoms with van der Waals surface area (Å²) in [6.45, 7) is 1.25. The van der Waals surface area contributed by atoms with Crippen LogP contribution in [0, 0.1) is 0 Å². The van der Waals surface area contributed by atoms with Crippen LogP contribution in [0.4, 0.5) is 4.79 Å². The summed E-state index contributed by atoms with van der Waals surface area (Å²) in [4.78, 5) is 39.4. The molecule has 4 amide bonds. The minimum atomic E-state index is -0.692. The molecule has 6 nitrogen and oxygen atoms in total. The fraction of sp³-hybridized carbons (Fsp3) is 0.438. The molecule has 2 heterocycles. The van der Waals surface area contributed by atoms with Crippen molar-refractivity contribution >= 4 is 17.8 Å². The Morgan fingerprint density at radius 3 is 2.45 bits per heavy atom. The normalized spacial score (nSPS) is 21.9. The summed E-state index contributed by atoms with van der Waals surface area (Å²) in [7, 11) is 0. The molecule has 116 valence electrons. The molecule has 6 heteroatoms. The molecule has 1 N–H and O–H groups in total. The quantitative estimate of drug-likeness (QED) is 0.855. The van der Waals surface area contributed by atoms with Crippen LogP contribution in [-0.4, -0.2) is 47.3 Å². The standard InChI is InChI=1S/C16H19N3O3/c20-13(18-9-5-2-6-10-18)11-19-15(21)14(17-16(19)22)12-7-3-1-4-8-12/h1,3-4,7-8,14H,2,5-6,9-11H2,(H,17,22). The first kappa shape index (κ1) is 14.6. The van der Waals surface area contributed by atoms with Crippen molar-refractivity contribution in [2.75, 3.05) is 19.6 Å². The van der Waals surface area contributed by atoms with Gasteiger partial charge in [-0.2, -0.15) is 0 Å². The lowest BCUT2D eigenvalue weighted by molar-refractivity contribution is -0.138. The van der Waals surface area contributed by atoms with Crippen LogP contribution in [0.2, 0.25) is 0 Å². The third-order valence-corrected chi connectivity index (χ3v) is 4.16. The van der Waals surface area contributed by atoms with Gasteiger partial charge in [0.2, 0.25) is 5.91 Å². The Balaban J connectivity index is 1.68. The van der Waals surface area contributed by atoms with Crippen LogP contribution >= 0.6 is 0 Å². The number of hydrogen-bond acceptors (Lipinski definition) is 3. The summed E-state index contributed by atoms with van der Waals surface area (Å²) in [5, 5.41) is 2.65. The van der Waals surface area contributed by atoms with Crippen molar-refractivity contribution in [3.05, 3.63) is 35.9 Å². The first-order valence-electron chi connectivity index (χ1n) is 7.61. The minimum Gasteiger partial charge on any atom is -0.341 e. The average molecular weight is 301 g/mol. The highest BCUT2D eigenvalue weighted by Crippen LogP contribution is 2.21. The molecule has 2 saturated heterocycles. The van der Waals surface area contributed by atoms with Crippen LogP contribution in [0.15, 0.2) is 30.3 Å². The topological polar surface area (TPSA) is 69.7 Å². The van der Waals surface area contributed by atoms with Crippen molar-refractivity contribution in [3.63, 3.8) is 0 Å². The van der Waals surface area contributed by atoms with Crippen LogP contribution in [0.3, 0.4) is 0 Å². The number of urea groups is 1. The molecule has 1 aromatic carbocycles. The number of amides is 4. The summed E-state index contributed by atoms with van der Waals surface area (Å²) in [5.74, 6) is -0.515. The third-order valence-electron chi connectivity index (χ3n) is 4.16. The number of likely N-dealkylation sites (tertiary alicyclic amines) is 1. The first-order chi connectivity index (χ1) is 10.7. The van der Waals surface area contributed by atoms with E-state index in [9.17, 15) is 14.4 Å². The Labute approximate surface area is 129 Å². The molecule has 0 aromatic heterocycles. The number of nitrogens with one attached hydrogen (secondary N) is 1. The molecule has 1 atom stereocenters. The van der Waals surface area contributed by atoms with E-state index in [0.29, 0.717) is 13.1 Å². The van der Waals surface area contributed by atoms with Gasteiger partial charge in [0.05, 0.1) is 0 Å². The molecule has 0 spiro atoms. The van der Waals surface area contributed by atoms with E-state index in [0.717, 1.165) is 29.7 Å².